The summed E-state index contributed by atoms with van der Waals surface area (Å²) in [6.45, 7) is 0. The molecular formula is C12H16N2O5S. The number of benzene rings is 1. The first kappa shape index (κ1) is 16.3. The Hall–Kier alpha value is -1.80. The molecule has 0 heterocycles. The van der Waals surface area contributed by atoms with E-state index in [1.807, 2.05) is 0 Å². The van der Waals surface area contributed by atoms with Crippen LogP contribution in [0.3, 0.4) is 0 Å². The number of aliphatic carboxylic acids is 1. The van der Waals surface area contributed by atoms with Gasteiger partial charge in [-0.3, -0.25) is 14.9 Å². The SMILES string of the molecule is COc1ccc([N+](=O)[O-])cc1CSCCC(N)C(=O)O. The van der Waals surface area contributed by atoms with Gasteiger partial charge in [0.1, 0.15) is 11.8 Å². The summed E-state index contributed by atoms with van der Waals surface area (Å²) in [4.78, 5) is 20.8. The van der Waals surface area contributed by atoms with Crippen LogP contribution in [0.25, 0.3) is 0 Å². The van der Waals surface area contributed by atoms with E-state index in [0.29, 0.717) is 29.2 Å². The van der Waals surface area contributed by atoms with Gasteiger partial charge >= 0.3 is 5.97 Å². The van der Waals surface area contributed by atoms with Gasteiger partial charge in [-0.05, 0) is 18.2 Å². The molecule has 1 rings (SSSR count). The molecule has 0 saturated heterocycles. The molecule has 0 amide bonds. The van der Waals surface area contributed by atoms with Crippen LogP contribution in [0.2, 0.25) is 0 Å². The number of rotatable bonds is 8. The normalized spacial score (nSPS) is 11.9. The van der Waals surface area contributed by atoms with Gasteiger partial charge in [-0.15, -0.1) is 0 Å². The average Bonchev–Trinajstić information content (AvgIpc) is 2.42. The first-order valence-corrected chi connectivity index (χ1v) is 6.98. The van der Waals surface area contributed by atoms with E-state index in [2.05, 4.69) is 0 Å². The van der Waals surface area contributed by atoms with E-state index < -0.39 is 16.9 Å². The second-order valence-electron chi connectivity index (χ2n) is 4.04. The van der Waals surface area contributed by atoms with Crippen molar-refractivity contribution in [3.8, 4) is 5.75 Å². The number of nitrogens with zero attached hydrogens (tertiary/aromatic N) is 1. The summed E-state index contributed by atoms with van der Waals surface area (Å²) < 4.78 is 5.14. The van der Waals surface area contributed by atoms with E-state index >= 15 is 0 Å². The maximum Gasteiger partial charge on any atom is 0.320 e. The van der Waals surface area contributed by atoms with E-state index in [9.17, 15) is 14.9 Å². The van der Waals surface area contributed by atoms with Crippen LogP contribution in [0.4, 0.5) is 5.69 Å². The number of nitro groups is 1. The highest BCUT2D eigenvalue weighted by Gasteiger charge is 2.13. The quantitative estimate of drug-likeness (QED) is 0.426. The number of nitro benzene ring substituents is 1. The summed E-state index contributed by atoms with van der Waals surface area (Å²) in [5.41, 5.74) is 6.10. The predicted molar refractivity (Wildman–Crippen MR) is 76.0 cm³/mol. The fourth-order valence-corrected chi connectivity index (χ4v) is 2.52. The third-order valence-corrected chi connectivity index (χ3v) is 3.66. The van der Waals surface area contributed by atoms with Crippen LogP contribution >= 0.6 is 11.8 Å². The number of carbonyl (C=O) groups is 1. The fraction of sp³-hybridized carbons (Fsp3) is 0.417. The zero-order valence-electron chi connectivity index (χ0n) is 10.9. The third-order valence-electron chi connectivity index (χ3n) is 2.62. The minimum absolute atomic E-state index is 0.00337. The van der Waals surface area contributed by atoms with Crippen LogP contribution in [-0.4, -0.2) is 34.9 Å². The van der Waals surface area contributed by atoms with Crippen LogP contribution < -0.4 is 10.5 Å². The molecule has 0 aliphatic rings. The minimum Gasteiger partial charge on any atom is -0.496 e. The Morgan fingerprint density at radius 2 is 2.30 bits per heavy atom. The molecule has 1 atom stereocenters. The topological polar surface area (TPSA) is 116 Å². The van der Waals surface area contributed by atoms with Gasteiger partial charge in [0.05, 0.1) is 12.0 Å². The standard InChI is InChI=1S/C12H16N2O5S/c1-19-11-3-2-9(14(17)18)6-8(11)7-20-5-4-10(13)12(15)16/h2-3,6,10H,4-5,7,13H2,1H3,(H,15,16). The summed E-state index contributed by atoms with van der Waals surface area (Å²) in [6.07, 6.45) is 0.344. The minimum atomic E-state index is -1.03. The molecule has 7 nitrogen and oxygen atoms in total. The van der Waals surface area contributed by atoms with Crippen molar-refractivity contribution < 1.29 is 19.6 Å². The lowest BCUT2D eigenvalue weighted by molar-refractivity contribution is -0.384. The van der Waals surface area contributed by atoms with E-state index in [4.69, 9.17) is 15.6 Å². The highest BCUT2D eigenvalue weighted by molar-refractivity contribution is 7.98. The molecule has 0 aromatic heterocycles. The zero-order chi connectivity index (χ0) is 15.1. The molecule has 0 fully saturated rings. The Morgan fingerprint density at radius 1 is 1.60 bits per heavy atom. The van der Waals surface area contributed by atoms with Crippen molar-refractivity contribution in [2.45, 2.75) is 18.2 Å². The molecule has 1 unspecified atom stereocenters. The number of ether oxygens (including phenoxy) is 1. The van der Waals surface area contributed by atoms with E-state index in [1.54, 1.807) is 6.07 Å². The molecule has 0 bridgehead atoms. The first-order valence-electron chi connectivity index (χ1n) is 5.83. The largest absolute Gasteiger partial charge is 0.496 e. The highest BCUT2D eigenvalue weighted by atomic mass is 32.2. The predicted octanol–water partition coefficient (Wildman–Crippen LogP) is 1.64. The Morgan fingerprint density at radius 3 is 2.85 bits per heavy atom. The zero-order valence-corrected chi connectivity index (χ0v) is 11.8. The van der Waals surface area contributed by atoms with Gasteiger partial charge in [-0.1, -0.05) is 0 Å². The lowest BCUT2D eigenvalue weighted by atomic mass is 10.2. The summed E-state index contributed by atoms with van der Waals surface area (Å²) in [6, 6.07) is 3.52. The third kappa shape index (κ3) is 4.71. The number of hydrogen-bond acceptors (Lipinski definition) is 6. The van der Waals surface area contributed by atoms with Crippen LogP contribution in [0, 0.1) is 10.1 Å². The number of hydrogen-bond donors (Lipinski definition) is 2. The Kier molecular flexibility index (Phi) is 6.26. The summed E-state index contributed by atoms with van der Waals surface area (Å²) in [5.74, 6) is 0.598. The van der Waals surface area contributed by atoms with Crippen molar-refractivity contribution in [2.75, 3.05) is 12.9 Å². The molecule has 3 N–H and O–H groups in total. The molecule has 0 saturated carbocycles. The van der Waals surface area contributed by atoms with Gasteiger partial charge < -0.3 is 15.6 Å². The molecule has 1 aromatic rings. The Labute approximate surface area is 120 Å². The highest BCUT2D eigenvalue weighted by Crippen LogP contribution is 2.27. The van der Waals surface area contributed by atoms with Crippen LogP contribution in [-0.2, 0) is 10.5 Å². The average molecular weight is 300 g/mol. The van der Waals surface area contributed by atoms with Gasteiger partial charge in [0, 0.05) is 23.4 Å². The number of non-ortho nitro benzene ring substituents is 1. The van der Waals surface area contributed by atoms with E-state index in [0.717, 1.165) is 0 Å². The lowest BCUT2D eigenvalue weighted by Crippen LogP contribution is -2.30. The van der Waals surface area contributed by atoms with Crippen molar-refractivity contribution >= 4 is 23.4 Å². The summed E-state index contributed by atoms with van der Waals surface area (Å²) in [7, 11) is 1.50. The van der Waals surface area contributed by atoms with E-state index in [-0.39, 0.29) is 5.69 Å². The molecule has 8 heteroatoms. The van der Waals surface area contributed by atoms with Crippen molar-refractivity contribution in [3.05, 3.63) is 33.9 Å². The molecule has 0 aliphatic heterocycles. The number of carboxylic acids is 1. The second-order valence-corrected chi connectivity index (χ2v) is 5.14. The van der Waals surface area contributed by atoms with Crippen LogP contribution in [0.15, 0.2) is 18.2 Å². The summed E-state index contributed by atoms with van der Waals surface area (Å²) >= 11 is 1.46. The van der Waals surface area contributed by atoms with E-state index in [1.165, 1.54) is 31.0 Å². The number of carboxylic acid groups (broad SMARTS) is 1. The maximum atomic E-state index is 10.7. The van der Waals surface area contributed by atoms with Crippen LogP contribution in [0.5, 0.6) is 5.75 Å². The molecule has 20 heavy (non-hydrogen) atoms. The molecular weight excluding hydrogens is 284 g/mol. The number of methoxy groups -OCH3 is 1. The number of thioether (sulfide) groups is 1. The molecule has 0 spiro atoms. The Balaban J connectivity index is 2.60. The van der Waals surface area contributed by atoms with Crippen molar-refractivity contribution in [2.24, 2.45) is 5.73 Å². The van der Waals surface area contributed by atoms with Gasteiger partial charge in [0.2, 0.25) is 0 Å². The van der Waals surface area contributed by atoms with Gasteiger partial charge in [0.15, 0.2) is 0 Å². The van der Waals surface area contributed by atoms with Crippen molar-refractivity contribution in [1.82, 2.24) is 0 Å². The fourth-order valence-electron chi connectivity index (χ4n) is 1.51. The van der Waals surface area contributed by atoms with Gasteiger partial charge in [0.25, 0.3) is 5.69 Å². The van der Waals surface area contributed by atoms with Crippen molar-refractivity contribution in [3.63, 3.8) is 0 Å². The lowest BCUT2D eigenvalue weighted by Gasteiger charge is -2.09. The van der Waals surface area contributed by atoms with Gasteiger partial charge in [-0.25, -0.2) is 0 Å². The monoisotopic (exact) mass is 300 g/mol. The smallest absolute Gasteiger partial charge is 0.320 e. The van der Waals surface area contributed by atoms with Crippen molar-refractivity contribution in [1.29, 1.82) is 0 Å². The van der Waals surface area contributed by atoms with Gasteiger partial charge in [-0.2, -0.15) is 11.8 Å². The maximum absolute atomic E-state index is 10.7. The molecule has 1 aromatic carbocycles. The molecule has 0 aliphatic carbocycles. The number of nitrogens with two attached hydrogens (primary N) is 1. The molecule has 110 valence electrons. The Bertz CT molecular complexity index is 495. The first-order chi connectivity index (χ1) is 9.45. The summed E-state index contributed by atoms with van der Waals surface area (Å²) in [5, 5.41) is 19.4. The molecule has 0 radical (unpaired) electrons. The second kappa shape index (κ2) is 7.71. The van der Waals surface area contributed by atoms with Crippen LogP contribution in [0.1, 0.15) is 12.0 Å².